The number of ether oxygens (including phenoxy) is 1. The number of nitrogens with zero attached hydrogens (tertiary/aromatic N) is 1. The Labute approximate surface area is 128 Å². The Morgan fingerprint density at radius 1 is 1.25 bits per heavy atom. The third-order valence-electron chi connectivity index (χ3n) is 4.11. The molecule has 20 heavy (non-hydrogen) atoms. The predicted molar refractivity (Wildman–Crippen MR) is 85.9 cm³/mol. The maximum absolute atomic E-state index is 6.41. The van der Waals surface area contributed by atoms with Crippen LogP contribution in [0.5, 0.6) is 5.75 Å². The van der Waals surface area contributed by atoms with E-state index in [1.807, 2.05) is 12.1 Å². The van der Waals surface area contributed by atoms with Crippen molar-refractivity contribution in [3.63, 3.8) is 0 Å². The molecule has 0 bridgehead atoms. The third kappa shape index (κ3) is 4.13. The normalized spacial score (nSPS) is 16.0. The van der Waals surface area contributed by atoms with Gasteiger partial charge in [-0.2, -0.15) is 0 Å². The summed E-state index contributed by atoms with van der Waals surface area (Å²) in [5.41, 5.74) is 1.24. The second-order valence-corrected chi connectivity index (χ2v) is 6.19. The number of rotatable bonds is 7. The molecule has 0 amide bonds. The van der Waals surface area contributed by atoms with Crippen molar-refractivity contribution in [2.45, 2.75) is 44.9 Å². The van der Waals surface area contributed by atoms with E-state index in [9.17, 15) is 0 Å². The van der Waals surface area contributed by atoms with E-state index in [0.29, 0.717) is 5.92 Å². The van der Waals surface area contributed by atoms with Gasteiger partial charge in [-0.25, -0.2) is 0 Å². The molecule has 112 valence electrons. The quantitative estimate of drug-likeness (QED) is 0.722. The van der Waals surface area contributed by atoms with Crippen molar-refractivity contribution in [3.8, 4) is 5.75 Å². The Hall–Kier alpha value is -0.730. The summed E-state index contributed by atoms with van der Waals surface area (Å²) in [6.07, 6.45) is 6.30. The molecular weight excluding hydrogens is 270 g/mol. The zero-order chi connectivity index (χ0) is 14.4. The van der Waals surface area contributed by atoms with Crippen molar-refractivity contribution in [2.75, 3.05) is 26.7 Å². The van der Waals surface area contributed by atoms with Gasteiger partial charge >= 0.3 is 0 Å². The van der Waals surface area contributed by atoms with Gasteiger partial charge in [-0.3, -0.25) is 0 Å². The van der Waals surface area contributed by atoms with Gasteiger partial charge in [0.15, 0.2) is 0 Å². The van der Waals surface area contributed by atoms with E-state index in [1.165, 1.54) is 37.7 Å². The molecule has 0 N–H and O–H groups in total. The Bertz CT molecular complexity index is 415. The van der Waals surface area contributed by atoms with Crippen LogP contribution < -0.4 is 4.74 Å². The minimum Gasteiger partial charge on any atom is -0.492 e. The standard InChI is InChI=1S/C17H26ClNO/c1-3-11-19(2)12-13-20-16-10-6-9-15(18)17(16)14-7-4-5-8-14/h6,9-10,14H,3-5,7-8,11-13H2,1-2H3. The number of hydrogen-bond acceptors (Lipinski definition) is 2. The SMILES string of the molecule is CCCN(C)CCOc1cccc(Cl)c1C1CCCC1. The summed E-state index contributed by atoms with van der Waals surface area (Å²) in [6, 6.07) is 6.05. The molecule has 0 atom stereocenters. The van der Waals surface area contributed by atoms with E-state index in [-0.39, 0.29) is 0 Å². The van der Waals surface area contributed by atoms with Gasteiger partial charge < -0.3 is 9.64 Å². The first-order valence-corrected chi connectivity index (χ1v) is 8.20. The summed E-state index contributed by atoms with van der Waals surface area (Å²) < 4.78 is 6.02. The Kier molecular flexibility index (Phi) is 6.18. The number of benzene rings is 1. The average molecular weight is 296 g/mol. The lowest BCUT2D eigenvalue weighted by Crippen LogP contribution is -2.25. The highest BCUT2D eigenvalue weighted by atomic mass is 35.5. The topological polar surface area (TPSA) is 12.5 Å². The second kappa shape index (κ2) is 7.90. The number of hydrogen-bond donors (Lipinski definition) is 0. The van der Waals surface area contributed by atoms with Crippen LogP contribution in [0.3, 0.4) is 0 Å². The van der Waals surface area contributed by atoms with E-state index in [4.69, 9.17) is 16.3 Å². The van der Waals surface area contributed by atoms with E-state index in [0.717, 1.165) is 30.5 Å². The molecule has 0 aromatic heterocycles. The van der Waals surface area contributed by atoms with Crippen molar-refractivity contribution >= 4 is 11.6 Å². The van der Waals surface area contributed by atoms with Gasteiger partial charge in [-0.1, -0.05) is 37.4 Å². The summed E-state index contributed by atoms with van der Waals surface area (Å²) in [5, 5.41) is 0.872. The van der Waals surface area contributed by atoms with Crippen LogP contribution in [0.4, 0.5) is 0 Å². The lowest BCUT2D eigenvalue weighted by atomic mass is 9.96. The Morgan fingerprint density at radius 2 is 2.00 bits per heavy atom. The molecule has 1 aromatic carbocycles. The predicted octanol–water partition coefficient (Wildman–Crippen LogP) is 4.72. The fraction of sp³-hybridized carbons (Fsp3) is 0.647. The first kappa shape index (κ1) is 15.7. The Balaban J connectivity index is 1.98. The summed E-state index contributed by atoms with van der Waals surface area (Å²) in [6.45, 7) is 5.02. The fourth-order valence-electron chi connectivity index (χ4n) is 3.06. The molecule has 0 heterocycles. The van der Waals surface area contributed by atoms with Crippen LogP contribution >= 0.6 is 11.6 Å². The molecular formula is C17H26ClNO. The smallest absolute Gasteiger partial charge is 0.124 e. The largest absolute Gasteiger partial charge is 0.492 e. The fourth-order valence-corrected chi connectivity index (χ4v) is 3.38. The summed E-state index contributed by atoms with van der Waals surface area (Å²) in [7, 11) is 2.14. The van der Waals surface area contributed by atoms with Crippen LogP contribution in [0.2, 0.25) is 5.02 Å². The minimum atomic E-state index is 0.590. The zero-order valence-electron chi connectivity index (χ0n) is 12.7. The van der Waals surface area contributed by atoms with Gasteiger partial charge in [0, 0.05) is 17.1 Å². The molecule has 0 aliphatic heterocycles. The molecule has 1 saturated carbocycles. The van der Waals surface area contributed by atoms with E-state index in [2.05, 4.69) is 24.9 Å². The van der Waals surface area contributed by atoms with Crippen molar-refractivity contribution in [1.82, 2.24) is 4.90 Å². The van der Waals surface area contributed by atoms with Crippen LogP contribution in [-0.2, 0) is 0 Å². The summed E-state index contributed by atoms with van der Waals surface area (Å²) in [5.74, 6) is 1.58. The number of halogens is 1. The number of likely N-dealkylation sites (N-methyl/N-ethyl adjacent to an activating group) is 1. The highest BCUT2D eigenvalue weighted by Crippen LogP contribution is 2.42. The van der Waals surface area contributed by atoms with Gasteiger partial charge in [0.05, 0.1) is 0 Å². The second-order valence-electron chi connectivity index (χ2n) is 5.78. The third-order valence-corrected chi connectivity index (χ3v) is 4.44. The van der Waals surface area contributed by atoms with Crippen molar-refractivity contribution in [2.24, 2.45) is 0 Å². The van der Waals surface area contributed by atoms with Gasteiger partial charge in [-0.15, -0.1) is 0 Å². The lowest BCUT2D eigenvalue weighted by molar-refractivity contribution is 0.235. The van der Waals surface area contributed by atoms with Gasteiger partial charge in [0.1, 0.15) is 12.4 Å². The average Bonchev–Trinajstić information content (AvgIpc) is 2.93. The van der Waals surface area contributed by atoms with E-state index in [1.54, 1.807) is 0 Å². The monoisotopic (exact) mass is 295 g/mol. The molecule has 3 heteroatoms. The van der Waals surface area contributed by atoms with E-state index < -0.39 is 0 Å². The van der Waals surface area contributed by atoms with Crippen molar-refractivity contribution in [1.29, 1.82) is 0 Å². The minimum absolute atomic E-state index is 0.590. The molecule has 0 unspecified atom stereocenters. The summed E-state index contributed by atoms with van der Waals surface area (Å²) >= 11 is 6.41. The highest BCUT2D eigenvalue weighted by Gasteiger charge is 2.23. The molecule has 0 radical (unpaired) electrons. The maximum atomic E-state index is 6.41. The molecule has 0 saturated heterocycles. The molecule has 2 nitrogen and oxygen atoms in total. The maximum Gasteiger partial charge on any atom is 0.124 e. The van der Waals surface area contributed by atoms with Gasteiger partial charge in [-0.05, 0) is 50.9 Å². The molecule has 0 spiro atoms. The van der Waals surface area contributed by atoms with Crippen LogP contribution in [0.1, 0.15) is 50.5 Å². The Morgan fingerprint density at radius 3 is 2.70 bits per heavy atom. The van der Waals surface area contributed by atoms with Gasteiger partial charge in [0.2, 0.25) is 0 Å². The summed E-state index contributed by atoms with van der Waals surface area (Å²) in [4.78, 5) is 2.31. The lowest BCUT2D eigenvalue weighted by Gasteiger charge is -2.20. The van der Waals surface area contributed by atoms with E-state index >= 15 is 0 Å². The van der Waals surface area contributed by atoms with Crippen LogP contribution in [-0.4, -0.2) is 31.6 Å². The van der Waals surface area contributed by atoms with Gasteiger partial charge in [0.25, 0.3) is 0 Å². The van der Waals surface area contributed by atoms with Crippen LogP contribution in [0, 0.1) is 0 Å². The van der Waals surface area contributed by atoms with Crippen LogP contribution in [0.25, 0.3) is 0 Å². The first-order valence-electron chi connectivity index (χ1n) is 7.82. The highest BCUT2D eigenvalue weighted by molar-refractivity contribution is 6.31. The molecule has 1 aliphatic rings. The molecule has 1 aliphatic carbocycles. The van der Waals surface area contributed by atoms with Crippen LogP contribution in [0.15, 0.2) is 18.2 Å². The zero-order valence-corrected chi connectivity index (χ0v) is 13.5. The van der Waals surface area contributed by atoms with Crippen molar-refractivity contribution < 1.29 is 4.74 Å². The molecule has 2 rings (SSSR count). The first-order chi connectivity index (χ1) is 9.72. The van der Waals surface area contributed by atoms with Crippen molar-refractivity contribution in [3.05, 3.63) is 28.8 Å². The molecule has 1 fully saturated rings. The molecule has 1 aromatic rings.